The molecule has 0 amide bonds. The van der Waals surface area contributed by atoms with E-state index >= 15 is 0 Å². The van der Waals surface area contributed by atoms with E-state index < -0.39 is 11.4 Å². The molecular weight excluding hydrogens is 276 g/mol. The first-order valence-electron chi connectivity index (χ1n) is 5.20. The average molecular weight is 289 g/mol. The molecule has 1 saturated carbocycles. The Morgan fingerprint density at radius 1 is 1.35 bits per heavy atom. The van der Waals surface area contributed by atoms with Crippen molar-refractivity contribution in [2.45, 2.75) is 28.0 Å². The minimum atomic E-state index is -0.738. The Kier molecular flexibility index (Phi) is 3.66. The molecule has 1 fully saturated rings. The molecule has 0 bridgehead atoms. The molecule has 0 aliphatic heterocycles. The summed E-state index contributed by atoms with van der Waals surface area (Å²) in [5.74, 6) is -0.738. The van der Waals surface area contributed by atoms with Crippen molar-refractivity contribution in [2.75, 3.05) is 12.5 Å². The van der Waals surface area contributed by atoms with Gasteiger partial charge in [0.25, 0.3) is 0 Å². The predicted molar refractivity (Wildman–Crippen MR) is 73.6 cm³/mol. The van der Waals surface area contributed by atoms with Crippen molar-refractivity contribution in [2.24, 2.45) is 0 Å². The molecule has 2 rings (SSSR count). The molecule has 0 unspecified atom stereocenters. The Morgan fingerprint density at radius 2 is 2.00 bits per heavy atom. The lowest BCUT2D eigenvalue weighted by molar-refractivity contribution is -0.140. The van der Waals surface area contributed by atoms with Gasteiger partial charge in [0.05, 0.1) is 10.4 Å². The Balaban J connectivity index is 2.51. The van der Waals surface area contributed by atoms with Gasteiger partial charge in [-0.25, -0.2) is 0 Å². The summed E-state index contributed by atoms with van der Waals surface area (Å²) in [7, 11) is 0. The van der Waals surface area contributed by atoms with Gasteiger partial charge in [0.2, 0.25) is 0 Å². The summed E-state index contributed by atoms with van der Waals surface area (Å²) in [5.41, 5.74) is 0.169. The molecule has 0 radical (unpaired) electrons. The van der Waals surface area contributed by atoms with Crippen molar-refractivity contribution in [1.29, 1.82) is 0 Å². The fraction of sp³-hybridized carbons (Fsp3) is 0.417. The van der Waals surface area contributed by atoms with Gasteiger partial charge >= 0.3 is 5.97 Å². The van der Waals surface area contributed by atoms with E-state index in [2.05, 4.69) is 0 Å². The van der Waals surface area contributed by atoms with Crippen LogP contribution in [-0.2, 0) is 10.2 Å². The van der Waals surface area contributed by atoms with Gasteiger partial charge in [-0.2, -0.15) is 0 Å². The number of carboxylic acid groups (broad SMARTS) is 1. The standard InChI is InChI=1S/C12H13ClO2S2/c1-16-9-6-7(5-8(13)10(9)17-2)12(3-4-12)11(14)15/h5-6H,3-4H2,1-2H3,(H,14,15). The molecule has 1 N–H and O–H groups in total. The maximum atomic E-state index is 11.3. The van der Waals surface area contributed by atoms with E-state index in [4.69, 9.17) is 11.6 Å². The molecule has 92 valence electrons. The maximum absolute atomic E-state index is 11.3. The summed E-state index contributed by atoms with van der Waals surface area (Å²) >= 11 is 9.43. The number of benzene rings is 1. The van der Waals surface area contributed by atoms with Crippen molar-refractivity contribution in [3.05, 3.63) is 22.7 Å². The van der Waals surface area contributed by atoms with Gasteiger partial charge in [0.1, 0.15) is 0 Å². The first-order valence-corrected chi connectivity index (χ1v) is 8.03. The quantitative estimate of drug-likeness (QED) is 0.853. The van der Waals surface area contributed by atoms with Crippen LogP contribution in [0.2, 0.25) is 5.02 Å². The number of thioether (sulfide) groups is 2. The lowest BCUT2D eigenvalue weighted by Gasteiger charge is -2.15. The summed E-state index contributed by atoms with van der Waals surface area (Å²) in [6.45, 7) is 0. The van der Waals surface area contributed by atoms with E-state index in [9.17, 15) is 9.90 Å². The zero-order chi connectivity index (χ0) is 12.6. The van der Waals surface area contributed by atoms with Crippen LogP contribution in [-0.4, -0.2) is 23.6 Å². The van der Waals surface area contributed by atoms with Crippen LogP contribution >= 0.6 is 35.1 Å². The molecule has 0 heterocycles. The summed E-state index contributed by atoms with van der Waals surface area (Å²) < 4.78 is 0. The molecule has 1 aliphatic rings. The smallest absolute Gasteiger partial charge is 0.314 e. The summed E-state index contributed by atoms with van der Waals surface area (Å²) in [6.07, 6.45) is 5.39. The molecule has 0 atom stereocenters. The Morgan fingerprint density at radius 3 is 2.41 bits per heavy atom. The van der Waals surface area contributed by atoms with Crippen LogP contribution < -0.4 is 0 Å². The van der Waals surface area contributed by atoms with Gasteiger partial charge in [-0.15, -0.1) is 23.5 Å². The number of rotatable bonds is 4. The van der Waals surface area contributed by atoms with Crippen molar-refractivity contribution in [1.82, 2.24) is 0 Å². The van der Waals surface area contributed by atoms with Crippen molar-refractivity contribution >= 4 is 41.1 Å². The third-order valence-corrected chi connectivity index (χ3v) is 5.29. The highest BCUT2D eigenvalue weighted by Crippen LogP contribution is 2.51. The third-order valence-electron chi connectivity index (χ3n) is 3.15. The van der Waals surface area contributed by atoms with Crippen LogP contribution in [0.15, 0.2) is 21.9 Å². The number of hydrogen-bond acceptors (Lipinski definition) is 3. The number of carbonyl (C=O) groups is 1. The summed E-state index contributed by atoms with van der Waals surface area (Å²) in [6, 6.07) is 3.79. The SMILES string of the molecule is CSc1cc(C2(C(=O)O)CC2)cc(Cl)c1SC. The molecule has 1 aromatic carbocycles. The molecule has 2 nitrogen and oxygen atoms in total. The van der Waals surface area contributed by atoms with Gasteiger partial charge in [-0.3, -0.25) is 4.79 Å². The molecule has 17 heavy (non-hydrogen) atoms. The molecule has 5 heteroatoms. The maximum Gasteiger partial charge on any atom is 0.314 e. The van der Waals surface area contributed by atoms with E-state index in [1.807, 2.05) is 24.6 Å². The van der Waals surface area contributed by atoms with Gasteiger partial charge in [0, 0.05) is 9.79 Å². The molecule has 0 aromatic heterocycles. The Bertz CT molecular complexity index is 470. The highest BCUT2D eigenvalue weighted by atomic mass is 35.5. The Labute approximate surface area is 114 Å². The van der Waals surface area contributed by atoms with Gasteiger partial charge < -0.3 is 5.11 Å². The van der Waals surface area contributed by atoms with Crippen molar-refractivity contribution in [3.8, 4) is 0 Å². The largest absolute Gasteiger partial charge is 0.481 e. The van der Waals surface area contributed by atoms with E-state index in [1.54, 1.807) is 23.5 Å². The molecular formula is C12H13ClO2S2. The van der Waals surface area contributed by atoms with E-state index in [1.165, 1.54) is 0 Å². The lowest BCUT2D eigenvalue weighted by Crippen LogP contribution is -2.19. The highest BCUT2D eigenvalue weighted by Gasteiger charge is 2.52. The van der Waals surface area contributed by atoms with Crippen molar-refractivity contribution < 1.29 is 9.90 Å². The Hall–Kier alpha value is -0.320. The number of hydrogen-bond donors (Lipinski definition) is 1. The second kappa shape index (κ2) is 4.75. The van der Waals surface area contributed by atoms with E-state index in [-0.39, 0.29) is 0 Å². The first-order chi connectivity index (χ1) is 8.05. The molecule has 1 aliphatic carbocycles. The van der Waals surface area contributed by atoms with Crippen LogP contribution in [0.3, 0.4) is 0 Å². The van der Waals surface area contributed by atoms with Crippen LogP contribution in [0.25, 0.3) is 0 Å². The normalized spacial score (nSPS) is 16.9. The first kappa shape index (κ1) is 13.1. The van der Waals surface area contributed by atoms with E-state index in [0.717, 1.165) is 15.4 Å². The summed E-state index contributed by atoms with van der Waals surface area (Å²) in [5, 5.41) is 9.94. The number of halogens is 1. The lowest BCUT2D eigenvalue weighted by atomic mass is 9.96. The topological polar surface area (TPSA) is 37.3 Å². The van der Waals surface area contributed by atoms with Gasteiger partial charge in [0.15, 0.2) is 0 Å². The van der Waals surface area contributed by atoms with Crippen LogP contribution in [0.1, 0.15) is 18.4 Å². The monoisotopic (exact) mass is 288 g/mol. The van der Waals surface area contributed by atoms with Crippen LogP contribution in [0, 0.1) is 0 Å². The summed E-state index contributed by atoms with van der Waals surface area (Å²) in [4.78, 5) is 13.4. The van der Waals surface area contributed by atoms with Crippen LogP contribution in [0.5, 0.6) is 0 Å². The molecule has 0 saturated heterocycles. The second-order valence-corrected chi connectivity index (χ2v) is 6.15. The zero-order valence-corrected chi connectivity index (χ0v) is 12.0. The predicted octanol–water partition coefficient (Wildman–Crippen LogP) is 3.90. The fourth-order valence-corrected chi connectivity index (χ4v) is 4.01. The second-order valence-electron chi connectivity index (χ2n) is 4.08. The minimum Gasteiger partial charge on any atom is -0.481 e. The molecule has 0 spiro atoms. The molecule has 1 aromatic rings. The van der Waals surface area contributed by atoms with Crippen LogP contribution in [0.4, 0.5) is 0 Å². The van der Waals surface area contributed by atoms with Gasteiger partial charge in [-0.1, -0.05) is 11.6 Å². The minimum absolute atomic E-state index is 0.659. The van der Waals surface area contributed by atoms with Crippen molar-refractivity contribution in [3.63, 3.8) is 0 Å². The number of aliphatic carboxylic acids is 1. The third kappa shape index (κ3) is 2.18. The van der Waals surface area contributed by atoms with Gasteiger partial charge in [-0.05, 0) is 43.0 Å². The zero-order valence-electron chi connectivity index (χ0n) is 9.62. The average Bonchev–Trinajstić information content (AvgIpc) is 3.08. The number of carboxylic acids is 1. The fourth-order valence-electron chi connectivity index (χ4n) is 1.95. The highest BCUT2D eigenvalue weighted by molar-refractivity contribution is 8.01. The van der Waals surface area contributed by atoms with E-state index in [0.29, 0.717) is 17.9 Å².